The van der Waals surface area contributed by atoms with Crippen LogP contribution in [0.15, 0.2) is 53.6 Å². The van der Waals surface area contributed by atoms with Gasteiger partial charge in [-0.1, -0.05) is 35.9 Å². The average molecular weight is 358 g/mol. The first kappa shape index (κ1) is 17.5. The molecule has 3 rings (SSSR count). The van der Waals surface area contributed by atoms with Gasteiger partial charge in [-0.2, -0.15) is 5.10 Å². The predicted octanol–water partition coefficient (Wildman–Crippen LogP) is 1.76. The third-order valence-electron chi connectivity index (χ3n) is 4.23. The fourth-order valence-corrected chi connectivity index (χ4v) is 2.90. The van der Waals surface area contributed by atoms with Gasteiger partial charge in [0, 0.05) is 5.69 Å². The Morgan fingerprint density at radius 3 is 2.72 bits per heavy atom. The van der Waals surface area contributed by atoms with Gasteiger partial charge in [-0.15, -0.1) is 0 Å². The molecule has 6 heteroatoms. The zero-order valence-electron chi connectivity index (χ0n) is 14.2. The highest BCUT2D eigenvalue weighted by Crippen LogP contribution is 2.17. The van der Waals surface area contributed by atoms with E-state index in [1.165, 1.54) is 4.90 Å². The number of nitrogens with one attached hydrogen (secondary N) is 2. The van der Waals surface area contributed by atoms with Crippen LogP contribution in [0.3, 0.4) is 0 Å². The van der Waals surface area contributed by atoms with E-state index in [1.54, 1.807) is 24.3 Å². The maximum absolute atomic E-state index is 12.3. The highest BCUT2D eigenvalue weighted by Gasteiger charge is 2.14. The van der Waals surface area contributed by atoms with Gasteiger partial charge in [0.25, 0.3) is 5.91 Å². The molecule has 0 aliphatic carbocycles. The number of carbonyl (C=O) groups is 1. The summed E-state index contributed by atoms with van der Waals surface area (Å²) in [6, 6.07) is 14.6. The molecule has 130 valence electrons. The maximum atomic E-state index is 12.3. The molecule has 0 saturated carbocycles. The van der Waals surface area contributed by atoms with Crippen molar-refractivity contribution in [1.29, 1.82) is 0 Å². The van der Waals surface area contributed by atoms with Crippen LogP contribution in [0.2, 0.25) is 5.02 Å². The second kappa shape index (κ2) is 8.14. The lowest BCUT2D eigenvalue weighted by Gasteiger charge is -2.27. The lowest BCUT2D eigenvalue weighted by Crippen LogP contribution is -3.11. The molecule has 1 fully saturated rings. The minimum atomic E-state index is -0.221. The molecule has 0 atom stereocenters. The number of nitrogens with zero attached hydrogens (tertiary/aromatic N) is 2. The van der Waals surface area contributed by atoms with E-state index in [4.69, 9.17) is 11.6 Å². The summed E-state index contributed by atoms with van der Waals surface area (Å²) < 4.78 is 0. The van der Waals surface area contributed by atoms with Crippen molar-refractivity contribution < 1.29 is 9.69 Å². The number of anilines is 1. The monoisotopic (exact) mass is 357 g/mol. The Bertz CT molecular complexity index is 770. The summed E-state index contributed by atoms with van der Waals surface area (Å²) in [5.74, 6) is -0.221. The highest BCUT2D eigenvalue weighted by molar-refractivity contribution is 6.34. The molecule has 0 aromatic heterocycles. The van der Waals surface area contributed by atoms with Gasteiger partial charge in [-0.25, -0.2) is 0 Å². The summed E-state index contributed by atoms with van der Waals surface area (Å²) >= 11 is 6.07. The van der Waals surface area contributed by atoms with Crippen molar-refractivity contribution in [3.8, 4) is 0 Å². The van der Waals surface area contributed by atoms with Gasteiger partial charge in [0.05, 0.1) is 50.0 Å². The molecule has 5 nitrogen and oxygen atoms in total. The van der Waals surface area contributed by atoms with Gasteiger partial charge in [0.1, 0.15) is 0 Å². The lowest BCUT2D eigenvalue weighted by atomic mass is 10.2. The van der Waals surface area contributed by atoms with Crippen LogP contribution in [-0.4, -0.2) is 50.4 Å². The molecule has 2 aromatic carbocycles. The van der Waals surface area contributed by atoms with Crippen molar-refractivity contribution in [3.05, 3.63) is 64.7 Å². The molecular formula is C19H22ClN4O+. The molecule has 1 aliphatic rings. The quantitative estimate of drug-likeness (QED) is 0.819. The normalized spacial score (nSPS) is 15.5. The third kappa shape index (κ3) is 4.81. The standard InChI is InChI=1S/C19H21ClN4O/c1-23-9-11-24(12-10-23)21-14-15-5-4-6-16(13-15)22-19(25)17-7-2-3-8-18(17)20/h2-8,13-14H,9-12H2,1H3,(H,22,25)/p+1/b21-14-. The van der Waals surface area contributed by atoms with E-state index in [2.05, 4.69) is 22.5 Å². The average Bonchev–Trinajstić information content (AvgIpc) is 2.62. The van der Waals surface area contributed by atoms with Crippen LogP contribution in [0.5, 0.6) is 0 Å². The van der Waals surface area contributed by atoms with E-state index >= 15 is 0 Å². The first-order valence-corrected chi connectivity index (χ1v) is 8.76. The summed E-state index contributed by atoms with van der Waals surface area (Å²) in [7, 11) is 2.20. The minimum Gasteiger partial charge on any atom is -0.334 e. The first-order chi connectivity index (χ1) is 12.1. The highest BCUT2D eigenvalue weighted by atomic mass is 35.5. The van der Waals surface area contributed by atoms with Crippen LogP contribution in [0, 0.1) is 0 Å². The van der Waals surface area contributed by atoms with E-state index in [9.17, 15) is 4.79 Å². The molecule has 1 amide bonds. The first-order valence-electron chi connectivity index (χ1n) is 8.38. The molecule has 0 radical (unpaired) electrons. The number of hydrogen-bond donors (Lipinski definition) is 2. The Morgan fingerprint density at radius 2 is 1.96 bits per heavy atom. The van der Waals surface area contributed by atoms with Crippen LogP contribution < -0.4 is 10.2 Å². The number of benzene rings is 2. The van der Waals surface area contributed by atoms with Gasteiger partial charge in [-0.05, 0) is 29.8 Å². The Morgan fingerprint density at radius 1 is 1.20 bits per heavy atom. The van der Waals surface area contributed by atoms with Gasteiger partial charge in [-0.3, -0.25) is 9.80 Å². The number of amides is 1. The molecule has 25 heavy (non-hydrogen) atoms. The third-order valence-corrected chi connectivity index (χ3v) is 4.56. The topological polar surface area (TPSA) is 49.1 Å². The van der Waals surface area contributed by atoms with E-state index in [0.717, 1.165) is 37.4 Å². The smallest absolute Gasteiger partial charge is 0.257 e. The molecule has 2 N–H and O–H groups in total. The zero-order chi connectivity index (χ0) is 17.6. The second-order valence-corrected chi connectivity index (χ2v) is 6.62. The molecule has 1 saturated heterocycles. The Balaban J connectivity index is 1.65. The van der Waals surface area contributed by atoms with Crippen LogP contribution in [-0.2, 0) is 0 Å². The Kier molecular flexibility index (Phi) is 5.68. The number of hydrogen-bond acceptors (Lipinski definition) is 3. The minimum absolute atomic E-state index is 0.221. The lowest BCUT2D eigenvalue weighted by molar-refractivity contribution is -0.884. The molecule has 2 aromatic rings. The summed E-state index contributed by atoms with van der Waals surface area (Å²) in [5.41, 5.74) is 2.13. The summed E-state index contributed by atoms with van der Waals surface area (Å²) in [6.07, 6.45) is 1.84. The van der Waals surface area contributed by atoms with Crippen molar-refractivity contribution in [2.75, 3.05) is 38.5 Å². The summed E-state index contributed by atoms with van der Waals surface area (Å²) in [4.78, 5) is 13.9. The fraction of sp³-hybridized carbons (Fsp3) is 0.263. The van der Waals surface area contributed by atoms with Gasteiger partial charge < -0.3 is 10.2 Å². The Labute approximate surface area is 152 Å². The van der Waals surface area contributed by atoms with Crippen molar-refractivity contribution in [3.63, 3.8) is 0 Å². The maximum Gasteiger partial charge on any atom is 0.257 e. The zero-order valence-corrected chi connectivity index (χ0v) is 15.0. The van der Waals surface area contributed by atoms with E-state index in [0.29, 0.717) is 10.6 Å². The van der Waals surface area contributed by atoms with Crippen molar-refractivity contribution in [2.24, 2.45) is 5.10 Å². The predicted molar refractivity (Wildman–Crippen MR) is 102 cm³/mol. The van der Waals surface area contributed by atoms with Gasteiger partial charge in [0.15, 0.2) is 0 Å². The number of likely N-dealkylation sites (N-methyl/N-ethyl adjacent to an activating group) is 1. The molecule has 0 bridgehead atoms. The molecule has 0 spiro atoms. The summed E-state index contributed by atoms with van der Waals surface area (Å²) in [6.45, 7) is 4.13. The van der Waals surface area contributed by atoms with E-state index < -0.39 is 0 Å². The number of hydrazone groups is 1. The number of piperazine rings is 1. The number of carbonyl (C=O) groups excluding carboxylic acids is 1. The summed E-state index contributed by atoms with van der Waals surface area (Å²) in [5, 5.41) is 9.95. The van der Waals surface area contributed by atoms with E-state index in [1.807, 2.05) is 30.5 Å². The van der Waals surface area contributed by atoms with Crippen LogP contribution in [0.25, 0.3) is 0 Å². The second-order valence-electron chi connectivity index (χ2n) is 6.21. The van der Waals surface area contributed by atoms with Crippen molar-refractivity contribution in [1.82, 2.24) is 5.01 Å². The molecule has 1 heterocycles. The molecular weight excluding hydrogens is 336 g/mol. The number of rotatable bonds is 4. The van der Waals surface area contributed by atoms with Crippen LogP contribution >= 0.6 is 11.6 Å². The number of quaternary nitrogens is 1. The Hall–Kier alpha value is -2.37. The van der Waals surface area contributed by atoms with Crippen molar-refractivity contribution >= 4 is 29.4 Å². The van der Waals surface area contributed by atoms with Crippen LogP contribution in [0.1, 0.15) is 15.9 Å². The van der Waals surface area contributed by atoms with Crippen LogP contribution in [0.4, 0.5) is 5.69 Å². The van der Waals surface area contributed by atoms with E-state index in [-0.39, 0.29) is 5.91 Å². The van der Waals surface area contributed by atoms with Crippen molar-refractivity contribution in [2.45, 2.75) is 0 Å². The SMILES string of the molecule is C[NH+]1CCN(/N=C\c2cccc(NC(=O)c3ccccc3Cl)c2)CC1. The molecule has 1 aliphatic heterocycles. The number of halogens is 1. The van der Waals surface area contributed by atoms with Gasteiger partial charge in [0.2, 0.25) is 0 Å². The molecule has 0 unspecified atom stereocenters. The fourth-order valence-electron chi connectivity index (χ4n) is 2.68. The van der Waals surface area contributed by atoms with Gasteiger partial charge >= 0.3 is 0 Å². The largest absolute Gasteiger partial charge is 0.334 e.